The number of ether oxygens (including phenoxy) is 1. The lowest BCUT2D eigenvalue weighted by atomic mass is 10.1. The van der Waals surface area contributed by atoms with Gasteiger partial charge in [-0.05, 0) is 43.3 Å². The van der Waals surface area contributed by atoms with Gasteiger partial charge in [-0.25, -0.2) is 4.98 Å². The number of carbonyl (C=O) groups is 1. The molecule has 0 saturated heterocycles. The Balaban J connectivity index is 1.50. The van der Waals surface area contributed by atoms with Crippen molar-refractivity contribution in [3.8, 4) is 5.75 Å². The number of hydrogen-bond acceptors (Lipinski definition) is 5. The monoisotopic (exact) mass is 373 g/mol. The third-order valence-electron chi connectivity index (χ3n) is 3.41. The van der Waals surface area contributed by atoms with Crippen LogP contribution < -0.4 is 4.74 Å². The summed E-state index contributed by atoms with van der Waals surface area (Å²) in [5.74, 6) is 1.65. The zero-order valence-corrected chi connectivity index (χ0v) is 15.1. The summed E-state index contributed by atoms with van der Waals surface area (Å²) in [6.07, 6.45) is 0. The van der Waals surface area contributed by atoms with Crippen molar-refractivity contribution in [1.29, 1.82) is 0 Å². The minimum atomic E-state index is 0.00363. The predicted octanol–water partition coefficient (Wildman–Crippen LogP) is 4.32. The summed E-state index contributed by atoms with van der Waals surface area (Å²) in [5.41, 5.74) is 1.80. The number of nitrogens with zero attached hydrogens (tertiary/aromatic N) is 2. The van der Waals surface area contributed by atoms with Crippen LogP contribution in [0.4, 0.5) is 0 Å². The van der Waals surface area contributed by atoms with Gasteiger partial charge in [0.15, 0.2) is 11.6 Å². The van der Waals surface area contributed by atoms with E-state index in [1.54, 1.807) is 24.3 Å². The van der Waals surface area contributed by atoms with E-state index in [4.69, 9.17) is 16.3 Å². The Kier molecular flexibility index (Phi) is 5.73. The summed E-state index contributed by atoms with van der Waals surface area (Å²) >= 11 is 7.10. The van der Waals surface area contributed by atoms with Crippen LogP contribution in [0.2, 0.25) is 5.02 Å². The van der Waals surface area contributed by atoms with Crippen LogP contribution in [-0.2, 0) is 6.61 Å². The number of H-pyrrole nitrogens is 1. The van der Waals surface area contributed by atoms with Gasteiger partial charge in [-0.3, -0.25) is 9.89 Å². The number of halogens is 1. The number of nitrogens with one attached hydrogen (secondary N) is 1. The van der Waals surface area contributed by atoms with Gasteiger partial charge in [0.25, 0.3) is 0 Å². The average molecular weight is 374 g/mol. The van der Waals surface area contributed by atoms with Gasteiger partial charge in [0, 0.05) is 10.6 Å². The number of rotatable bonds is 7. The van der Waals surface area contributed by atoms with Gasteiger partial charge in [0.05, 0.1) is 5.75 Å². The third kappa shape index (κ3) is 5.08. The van der Waals surface area contributed by atoms with E-state index in [2.05, 4.69) is 15.2 Å². The molecule has 1 N–H and O–H groups in total. The molecular formula is C18H16ClN3O2S. The molecule has 0 aliphatic carbocycles. The van der Waals surface area contributed by atoms with Crippen molar-refractivity contribution < 1.29 is 9.53 Å². The molecule has 0 fully saturated rings. The van der Waals surface area contributed by atoms with Crippen LogP contribution in [0.5, 0.6) is 5.75 Å². The second-order valence-corrected chi connectivity index (χ2v) is 6.76. The molecule has 0 aliphatic heterocycles. The Labute approximate surface area is 154 Å². The van der Waals surface area contributed by atoms with Crippen LogP contribution in [0.1, 0.15) is 21.7 Å². The molecular weight excluding hydrogens is 358 g/mol. The predicted molar refractivity (Wildman–Crippen MR) is 98.4 cm³/mol. The Bertz CT molecular complexity index is 848. The molecule has 1 aromatic heterocycles. The highest BCUT2D eigenvalue weighted by Crippen LogP contribution is 2.17. The van der Waals surface area contributed by atoms with Crippen LogP contribution in [0.3, 0.4) is 0 Å². The fraction of sp³-hybridized carbons (Fsp3) is 0.167. The molecule has 0 spiro atoms. The number of aromatic amines is 1. The van der Waals surface area contributed by atoms with E-state index < -0.39 is 0 Å². The van der Waals surface area contributed by atoms with Crippen molar-refractivity contribution in [2.24, 2.45) is 0 Å². The van der Waals surface area contributed by atoms with Crippen molar-refractivity contribution in [2.45, 2.75) is 18.7 Å². The summed E-state index contributed by atoms with van der Waals surface area (Å²) in [7, 11) is 0. The molecule has 0 amide bonds. The number of hydrogen-bond donors (Lipinski definition) is 1. The topological polar surface area (TPSA) is 67.9 Å². The van der Waals surface area contributed by atoms with Crippen molar-refractivity contribution >= 4 is 29.1 Å². The lowest BCUT2D eigenvalue weighted by Gasteiger charge is -2.03. The van der Waals surface area contributed by atoms with Crippen molar-refractivity contribution in [3.63, 3.8) is 0 Å². The lowest BCUT2D eigenvalue weighted by Crippen LogP contribution is -2.02. The van der Waals surface area contributed by atoms with Crippen molar-refractivity contribution in [1.82, 2.24) is 15.2 Å². The molecule has 128 valence electrons. The van der Waals surface area contributed by atoms with Gasteiger partial charge < -0.3 is 4.74 Å². The maximum absolute atomic E-state index is 12.1. The minimum absolute atomic E-state index is 0.00363. The Morgan fingerprint density at radius 3 is 2.60 bits per heavy atom. The zero-order chi connectivity index (χ0) is 17.6. The van der Waals surface area contributed by atoms with Gasteiger partial charge >= 0.3 is 0 Å². The molecule has 0 radical (unpaired) electrons. The highest BCUT2D eigenvalue weighted by molar-refractivity contribution is 7.99. The summed E-state index contributed by atoms with van der Waals surface area (Å²) in [5, 5.41) is 8.04. The van der Waals surface area contributed by atoms with E-state index in [-0.39, 0.29) is 11.5 Å². The summed E-state index contributed by atoms with van der Waals surface area (Å²) in [6, 6.07) is 14.6. The second-order valence-electron chi connectivity index (χ2n) is 5.39. The Morgan fingerprint density at radius 1 is 1.16 bits per heavy atom. The van der Waals surface area contributed by atoms with Crippen LogP contribution in [0, 0.1) is 6.92 Å². The molecule has 0 unspecified atom stereocenters. The minimum Gasteiger partial charge on any atom is -0.486 e. The number of carbonyl (C=O) groups excluding carboxylic acids is 1. The number of Topliss-reactive ketones (excluding diaryl/α,β-unsaturated/α-hetero) is 1. The first-order valence-electron chi connectivity index (χ1n) is 7.62. The van der Waals surface area contributed by atoms with E-state index in [1.807, 2.05) is 31.2 Å². The zero-order valence-electron chi connectivity index (χ0n) is 13.5. The van der Waals surface area contributed by atoms with Gasteiger partial charge in [0.2, 0.25) is 5.16 Å². The Hall–Kier alpha value is -2.31. The highest BCUT2D eigenvalue weighted by Gasteiger charge is 2.10. The van der Waals surface area contributed by atoms with Crippen LogP contribution in [0.25, 0.3) is 0 Å². The molecule has 2 aromatic carbocycles. The second kappa shape index (κ2) is 8.18. The lowest BCUT2D eigenvalue weighted by molar-refractivity contribution is 0.102. The molecule has 1 heterocycles. The number of benzene rings is 2. The molecule has 25 heavy (non-hydrogen) atoms. The standard InChI is InChI=1S/C18H16ClN3O2S/c1-12-2-8-15(9-3-12)24-10-17-20-18(22-21-17)25-11-16(23)13-4-6-14(19)7-5-13/h2-9H,10-11H2,1H3,(H,20,21,22). The van der Waals surface area contributed by atoms with Crippen molar-refractivity contribution in [2.75, 3.05) is 5.75 Å². The number of aryl methyl sites for hydroxylation is 1. The van der Waals surface area contributed by atoms with E-state index in [1.165, 1.54) is 17.3 Å². The molecule has 0 atom stereocenters. The van der Waals surface area contributed by atoms with E-state index in [9.17, 15) is 4.79 Å². The largest absolute Gasteiger partial charge is 0.486 e. The molecule has 3 rings (SSSR count). The van der Waals surface area contributed by atoms with Crippen LogP contribution in [-0.4, -0.2) is 26.7 Å². The van der Waals surface area contributed by atoms with Gasteiger partial charge in [-0.2, -0.15) is 0 Å². The van der Waals surface area contributed by atoms with E-state index in [0.717, 1.165) is 5.75 Å². The SMILES string of the molecule is Cc1ccc(OCc2nc(SCC(=O)c3ccc(Cl)cc3)n[nH]2)cc1. The fourth-order valence-electron chi connectivity index (χ4n) is 2.04. The van der Waals surface area contributed by atoms with E-state index >= 15 is 0 Å². The van der Waals surface area contributed by atoms with Crippen molar-refractivity contribution in [3.05, 3.63) is 70.5 Å². The first kappa shape index (κ1) is 17.5. The maximum atomic E-state index is 12.1. The van der Waals surface area contributed by atoms with Gasteiger partial charge in [-0.1, -0.05) is 41.1 Å². The normalized spacial score (nSPS) is 10.6. The van der Waals surface area contributed by atoms with Crippen LogP contribution >= 0.6 is 23.4 Å². The van der Waals surface area contributed by atoms with Gasteiger partial charge in [0.1, 0.15) is 12.4 Å². The first-order chi connectivity index (χ1) is 12.1. The van der Waals surface area contributed by atoms with E-state index in [0.29, 0.717) is 28.2 Å². The van der Waals surface area contributed by atoms with Gasteiger partial charge in [-0.15, -0.1) is 5.10 Å². The summed E-state index contributed by atoms with van der Waals surface area (Å²) in [4.78, 5) is 16.4. The highest BCUT2D eigenvalue weighted by atomic mass is 35.5. The molecule has 7 heteroatoms. The molecule has 0 aliphatic rings. The molecule has 5 nitrogen and oxygen atoms in total. The number of ketones is 1. The summed E-state index contributed by atoms with van der Waals surface area (Å²) < 4.78 is 5.64. The fourth-order valence-corrected chi connectivity index (χ4v) is 2.88. The Morgan fingerprint density at radius 2 is 1.88 bits per heavy atom. The first-order valence-corrected chi connectivity index (χ1v) is 8.99. The molecule has 0 bridgehead atoms. The molecule has 0 saturated carbocycles. The maximum Gasteiger partial charge on any atom is 0.208 e. The molecule has 3 aromatic rings. The number of aromatic nitrogens is 3. The third-order valence-corrected chi connectivity index (χ3v) is 4.51. The smallest absolute Gasteiger partial charge is 0.208 e. The summed E-state index contributed by atoms with van der Waals surface area (Å²) in [6.45, 7) is 2.32. The quantitative estimate of drug-likeness (QED) is 0.493. The average Bonchev–Trinajstić information content (AvgIpc) is 3.08. The van der Waals surface area contributed by atoms with Crippen LogP contribution in [0.15, 0.2) is 53.7 Å². The number of thioether (sulfide) groups is 1.